The molecule has 2 N–H and O–H groups in total. The smallest absolute Gasteiger partial charge is 0.310 e. The Morgan fingerprint density at radius 1 is 1.53 bits per heavy atom. The topological polar surface area (TPSA) is 75.4 Å². The van der Waals surface area contributed by atoms with Crippen LogP contribution in [0.3, 0.4) is 0 Å². The van der Waals surface area contributed by atoms with Gasteiger partial charge in [0.2, 0.25) is 0 Å². The number of phenols is 1. The highest BCUT2D eigenvalue weighted by atomic mass is 16.6. The van der Waals surface area contributed by atoms with Crippen LogP contribution in [0.2, 0.25) is 0 Å². The Morgan fingerprint density at radius 2 is 2.20 bits per heavy atom. The van der Waals surface area contributed by atoms with Gasteiger partial charge in [0.15, 0.2) is 5.75 Å². The van der Waals surface area contributed by atoms with Gasteiger partial charge in [-0.3, -0.25) is 10.1 Å². The molecule has 1 rings (SSSR count). The van der Waals surface area contributed by atoms with Crippen LogP contribution in [0.15, 0.2) is 18.2 Å². The molecule has 0 saturated heterocycles. The number of nitrogens with zero attached hydrogens (tertiary/aromatic N) is 1. The average Bonchev–Trinajstić information content (AvgIpc) is 2.14. The maximum atomic E-state index is 10.4. The van der Waals surface area contributed by atoms with Crippen molar-refractivity contribution in [3.05, 3.63) is 33.9 Å². The highest BCUT2D eigenvalue weighted by Crippen LogP contribution is 2.26. The summed E-state index contributed by atoms with van der Waals surface area (Å²) in [7, 11) is 0. The normalized spacial score (nSPS) is 10.6. The Morgan fingerprint density at radius 3 is 2.67 bits per heavy atom. The van der Waals surface area contributed by atoms with E-state index in [0.29, 0.717) is 12.6 Å². The van der Waals surface area contributed by atoms with E-state index in [1.54, 1.807) is 6.07 Å². The Balaban J connectivity index is 2.78. The number of nitro benzene ring substituents is 1. The molecule has 1 aromatic carbocycles. The van der Waals surface area contributed by atoms with Crippen molar-refractivity contribution in [2.75, 3.05) is 0 Å². The molecule has 0 heterocycles. The summed E-state index contributed by atoms with van der Waals surface area (Å²) in [5.41, 5.74) is 0.565. The van der Waals surface area contributed by atoms with Gasteiger partial charge in [0.05, 0.1) is 4.92 Å². The van der Waals surface area contributed by atoms with Crippen molar-refractivity contribution in [1.82, 2.24) is 5.32 Å². The number of hydrogen-bond acceptors (Lipinski definition) is 4. The SMILES string of the molecule is CC(C)NCc1ccc([N+](=O)[O-])c(O)c1. The van der Waals surface area contributed by atoms with E-state index in [1.165, 1.54) is 12.1 Å². The van der Waals surface area contributed by atoms with Gasteiger partial charge in [-0.2, -0.15) is 0 Å². The molecule has 1 aromatic rings. The fraction of sp³-hybridized carbons (Fsp3) is 0.400. The Hall–Kier alpha value is -1.62. The highest BCUT2D eigenvalue weighted by molar-refractivity contribution is 5.47. The molecule has 0 saturated carbocycles. The fourth-order valence-electron chi connectivity index (χ4n) is 1.16. The molecule has 0 aliphatic heterocycles. The second-order valence-electron chi connectivity index (χ2n) is 3.62. The van der Waals surface area contributed by atoms with E-state index in [1.807, 2.05) is 13.8 Å². The van der Waals surface area contributed by atoms with Gasteiger partial charge < -0.3 is 10.4 Å². The first-order chi connectivity index (χ1) is 7.00. The second-order valence-corrected chi connectivity index (χ2v) is 3.62. The second kappa shape index (κ2) is 4.75. The summed E-state index contributed by atoms with van der Waals surface area (Å²) in [4.78, 5) is 9.83. The lowest BCUT2D eigenvalue weighted by molar-refractivity contribution is -0.385. The summed E-state index contributed by atoms with van der Waals surface area (Å²) in [6, 6.07) is 4.69. The Labute approximate surface area is 87.9 Å². The first kappa shape index (κ1) is 11.5. The molecule has 0 amide bonds. The van der Waals surface area contributed by atoms with Gasteiger partial charge in [-0.25, -0.2) is 0 Å². The van der Waals surface area contributed by atoms with Crippen molar-refractivity contribution in [2.24, 2.45) is 0 Å². The van der Waals surface area contributed by atoms with Crippen LogP contribution in [0.5, 0.6) is 5.75 Å². The van der Waals surface area contributed by atoms with Crippen LogP contribution in [0.1, 0.15) is 19.4 Å². The minimum Gasteiger partial charge on any atom is -0.502 e. The molecule has 0 atom stereocenters. The average molecular weight is 210 g/mol. The molecular weight excluding hydrogens is 196 g/mol. The van der Waals surface area contributed by atoms with Crippen LogP contribution in [0, 0.1) is 10.1 Å². The number of hydrogen-bond donors (Lipinski definition) is 2. The minimum atomic E-state index is -0.602. The Bertz CT molecular complexity index is 364. The lowest BCUT2D eigenvalue weighted by Gasteiger charge is -2.08. The quantitative estimate of drug-likeness (QED) is 0.587. The zero-order chi connectivity index (χ0) is 11.4. The summed E-state index contributed by atoms with van der Waals surface area (Å²) < 4.78 is 0. The summed E-state index contributed by atoms with van der Waals surface area (Å²) in [6.45, 7) is 4.60. The van der Waals surface area contributed by atoms with E-state index < -0.39 is 4.92 Å². The molecule has 0 aromatic heterocycles. The van der Waals surface area contributed by atoms with Crippen LogP contribution in [0.4, 0.5) is 5.69 Å². The van der Waals surface area contributed by atoms with Crippen molar-refractivity contribution >= 4 is 5.69 Å². The van der Waals surface area contributed by atoms with Gasteiger partial charge in [0.25, 0.3) is 0 Å². The van der Waals surface area contributed by atoms with Gasteiger partial charge >= 0.3 is 5.69 Å². The van der Waals surface area contributed by atoms with Crippen LogP contribution in [0.25, 0.3) is 0 Å². The fourth-order valence-corrected chi connectivity index (χ4v) is 1.16. The number of aromatic hydroxyl groups is 1. The van der Waals surface area contributed by atoms with Gasteiger partial charge in [0.1, 0.15) is 0 Å². The number of phenolic OH excluding ortho intramolecular Hbond substituents is 1. The summed E-state index contributed by atoms with van der Waals surface area (Å²) >= 11 is 0. The third kappa shape index (κ3) is 3.21. The van der Waals surface area contributed by atoms with E-state index in [-0.39, 0.29) is 11.4 Å². The molecule has 0 aliphatic rings. The summed E-state index contributed by atoms with van der Waals surface area (Å²) in [5, 5.41) is 22.9. The number of rotatable bonds is 4. The summed E-state index contributed by atoms with van der Waals surface area (Å²) in [5.74, 6) is -0.289. The number of nitrogens with one attached hydrogen (secondary N) is 1. The molecular formula is C10H14N2O3. The van der Waals surface area contributed by atoms with Crippen LogP contribution in [-0.4, -0.2) is 16.1 Å². The van der Waals surface area contributed by atoms with Gasteiger partial charge in [0, 0.05) is 18.7 Å². The molecule has 0 fully saturated rings. The van der Waals surface area contributed by atoms with Crippen LogP contribution in [-0.2, 0) is 6.54 Å². The number of nitro groups is 1. The maximum absolute atomic E-state index is 10.4. The molecule has 0 bridgehead atoms. The highest BCUT2D eigenvalue weighted by Gasteiger charge is 2.12. The van der Waals surface area contributed by atoms with Crippen LogP contribution >= 0.6 is 0 Å². The van der Waals surface area contributed by atoms with E-state index >= 15 is 0 Å². The van der Waals surface area contributed by atoms with Gasteiger partial charge in [-0.1, -0.05) is 19.9 Å². The van der Waals surface area contributed by atoms with Crippen molar-refractivity contribution in [2.45, 2.75) is 26.4 Å². The molecule has 0 unspecified atom stereocenters. The van der Waals surface area contributed by atoms with E-state index in [9.17, 15) is 15.2 Å². The maximum Gasteiger partial charge on any atom is 0.310 e. The first-order valence-corrected chi connectivity index (χ1v) is 4.70. The zero-order valence-electron chi connectivity index (χ0n) is 8.73. The zero-order valence-corrected chi connectivity index (χ0v) is 8.73. The number of benzene rings is 1. The van der Waals surface area contributed by atoms with E-state index in [2.05, 4.69) is 5.32 Å². The summed E-state index contributed by atoms with van der Waals surface area (Å²) in [6.07, 6.45) is 0. The van der Waals surface area contributed by atoms with Gasteiger partial charge in [-0.15, -0.1) is 0 Å². The molecule has 0 aliphatic carbocycles. The standard InChI is InChI=1S/C10H14N2O3/c1-7(2)11-6-8-3-4-9(12(14)15)10(13)5-8/h3-5,7,11,13H,6H2,1-2H3. The molecule has 82 valence electrons. The molecule has 15 heavy (non-hydrogen) atoms. The van der Waals surface area contributed by atoms with Crippen molar-refractivity contribution in [3.63, 3.8) is 0 Å². The van der Waals surface area contributed by atoms with E-state index in [4.69, 9.17) is 0 Å². The molecule has 0 spiro atoms. The lowest BCUT2D eigenvalue weighted by Crippen LogP contribution is -2.21. The van der Waals surface area contributed by atoms with Crippen molar-refractivity contribution in [3.8, 4) is 5.75 Å². The molecule has 5 nitrogen and oxygen atoms in total. The van der Waals surface area contributed by atoms with Crippen LogP contribution < -0.4 is 5.32 Å². The first-order valence-electron chi connectivity index (χ1n) is 4.70. The predicted molar refractivity (Wildman–Crippen MR) is 56.7 cm³/mol. The third-order valence-corrected chi connectivity index (χ3v) is 1.95. The minimum absolute atomic E-state index is 0.261. The monoisotopic (exact) mass is 210 g/mol. The van der Waals surface area contributed by atoms with E-state index in [0.717, 1.165) is 5.56 Å². The molecule has 5 heteroatoms. The van der Waals surface area contributed by atoms with Crippen molar-refractivity contribution in [1.29, 1.82) is 0 Å². The van der Waals surface area contributed by atoms with Gasteiger partial charge in [-0.05, 0) is 11.6 Å². The Kier molecular flexibility index (Phi) is 3.62. The van der Waals surface area contributed by atoms with Crippen molar-refractivity contribution < 1.29 is 10.0 Å². The molecule has 0 radical (unpaired) electrons. The lowest BCUT2D eigenvalue weighted by atomic mass is 10.2. The largest absolute Gasteiger partial charge is 0.502 e. The third-order valence-electron chi connectivity index (χ3n) is 1.95. The predicted octanol–water partition coefficient (Wildman–Crippen LogP) is 1.80.